The summed E-state index contributed by atoms with van der Waals surface area (Å²) in [6.07, 6.45) is 7.31. The van der Waals surface area contributed by atoms with E-state index in [-0.39, 0.29) is 19.2 Å². The molecule has 0 N–H and O–H groups in total. The van der Waals surface area contributed by atoms with E-state index >= 15 is 0 Å². The van der Waals surface area contributed by atoms with E-state index in [2.05, 4.69) is 30.4 Å². The van der Waals surface area contributed by atoms with Crippen LogP contribution in [-0.4, -0.2) is 25.2 Å². The van der Waals surface area contributed by atoms with Gasteiger partial charge in [0.2, 0.25) is 0 Å². The summed E-state index contributed by atoms with van der Waals surface area (Å²) in [7, 11) is 0. The van der Waals surface area contributed by atoms with Crippen LogP contribution >= 0.6 is 0 Å². The molecule has 0 aromatic carbocycles. The topological polar surface area (TPSA) is 52.6 Å². The summed E-state index contributed by atoms with van der Waals surface area (Å²) in [5, 5.41) is 0. The van der Waals surface area contributed by atoms with Crippen molar-refractivity contribution >= 4 is 11.9 Å². The zero-order valence-corrected chi connectivity index (χ0v) is 12.6. The van der Waals surface area contributed by atoms with Crippen LogP contribution in [0.25, 0.3) is 0 Å². The summed E-state index contributed by atoms with van der Waals surface area (Å²) in [6, 6.07) is 0. The second kappa shape index (κ2) is 12.3. The number of carbonyl (C=O) groups is 2. The van der Waals surface area contributed by atoms with Crippen molar-refractivity contribution in [1.29, 1.82) is 0 Å². The molecular weight excluding hydrogens is 256 g/mol. The largest absolute Gasteiger partial charge is 0.462 e. The normalized spacial score (nSPS) is 10.2. The van der Waals surface area contributed by atoms with Crippen LogP contribution in [0.15, 0.2) is 12.2 Å². The van der Waals surface area contributed by atoms with Crippen molar-refractivity contribution in [3.63, 3.8) is 0 Å². The monoisotopic (exact) mass is 280 g/mol. The number of ether oxygens (including phenoxy) is 2. The number of rotatable bonds is 8. The Kier molecular flexibility index (Phi) is 11.2. The molecule has 0 aromatic rings. The maximum Gasteiger partial charge on any atom is 0.384 e. The molecular formula is C16H24O4. The minimum Gasteiger partial charge on any atom is -0.462 e. The van der Waals surface area contributed by atoms with Gasteiger partial charge in [-0.05, 0) is 24.5 Å². The summed E-state index contributed by atoms with van der Waals surface area (Å²) < 4.78 is 9.53. The molecule has 112 valence electrons. The number of carbonyl (C=O) groups excluding carboxylic acids is 2. The van der Waals surface area contributed by atoms with Crippen molar-refractivity contribution in [2.75, 3.05) is 13.2 Å². The Morgan fingerprint density at radius 1 is 1.10 bits per heavy atom. The summed E-state index contributed by atoms with van der Waals surface area (Å²) >= 11 is 0. The maximum atomic E-state index is 11.2. The van der Waals surface area contributed by atoms with Crippen LogP contribution in [0.4, 0.5) is 0 Å². The fraction of sp³-hybridized carbons (Fsp3) is 0.625. The van der Waals surface area contributed by atoms with E-state index in [0.717, 1.165) is 19.3 Å². The lowest BCUT2D eigenvalue weighted by atomic mass is 10.1. The highest BCUT2D eigenvalue weighted by Crippen LogP contribution is 2.07. The second-order valence-corrected chi connectivity index (χ2v) is 4.81. The highest BCUT2D eigenvalue weighted by atomic mass is 16.5. The van der Waals surface area contributed by atoms with Gasteiger partial charge in [0, 0.05) is 19.3 Å². The van der Waals surface area contributed by atoms with Gasteiger partial charge in [0.1, 0.15) is 13.2 Å². The Morgan fingerprint density at radius 2 is 1.75 bits per heavy atom. The molecule has 0 amide bonds. The van der Waals surface area contributed by atoms with Gasteiger partial charge in [0.15, 0.2) is 0 Å². The molecule has 0 aromatic heterocycles. The van der Waals surface area contributed by atoms with Gasteiger partial charge in [-0.1, -0.05) is 32.6 Å². The van der Waals surface area contributed by atoms with E-state index in [1.54, 1.807) is 12.2 Å². The van der Waals surface area contributed by atoms with Crippen LogP contribution in [0.1, 0.15) is 46.5 Å². The summed E-state index contributed by atoms with van der Waals surface area (Å²) in [5.74, 6) is 5.11. The average molecular weight is 280 g/mol. The maximum absolute atomic E-state index is 11.2. The van der Waals surface area contributed by atoms with Crippen molar-refractivity contribution in [2.45, 2.75) is 46.5 Å². The predicted octanol–water partition coefficient (Wildman–Crippen LogP) is 2.87. The van der Waals surface area contributed by atoms with Crippen LogP contribution < -0.4 is 0 Å². The quantitative estimate of drug-likeness (QED) is 0.225. The first-order chi connectivity index (χ1) is 9.52. The molecule has 0 heterocycles. The first-order valence-corrected chi connectivity index (χ1v) is 6.96. The number of hydrogen-bond donors (Lipinski definition) is 0. The molecule has 4 nitrogen and oxygen atoms in total. The van der Waals surface area contributed by atoms with E-state index in [1.165, 1.54) is 13.3 Å². The van der Waals surface area contributed by atoms with Crippen LogP contribution in [0, 0.1) is 17.8 Å². The molecule has 0 aliphatic heterocycles. The van der Waals surface area contributed by atoms with Crippen LogP contribution in [-0.2, 0) is 19.1 Å². The molecule has 0 atom stereocenters. The van der Waals surface area contributed by atoms with Crippen molar-refractivity contribution in [3.05, 3.63) is 12.2 Å². The Bertz CT molecular complexity index is 372. The van der Waals surface area contributed by atoms with E-state index in [4.69, 9.17) is 4.74 Å². The lowest BCUT2D eigenvalue weighted by Gasteiger charge is -2.00. The predicted molar refractivity (Wildman–Crippen MR) is 77.8 cm³/mol. The van der Waals surface area contributed by atoms with Crippen LogP contribution in [0.5, 0.6) is 0 Å². The van der Waals surface area contributed by atoms with Crippen molar-refractivity contribution in [2.24, 2.45) is 5.92 Å². The lowest BCUT2D eigenvalue weighted by molar-refractivity contribution is -0.140. The fourth-order valence-electron chi connectivity index (χ4n) is 1.36. The molecule has 0 aliphatic rings. The molecule has 0 unspecified atom stereocenters. The van der Waals surface area contributed by atoms with Gasteiger partial charge in [0.25, 0.3) is 0 Å². The van der Waals surface area contributed by atoms with Gasteiger partial charge in [-0.3, -0.25) is 4.79 Å². The van der Waals surface area contributed by atoms with Gasteiger partial charge in [0.05, 0.1) is 0 Å². The molecule has 0 rings (SSSR count). The Hall–Kier alpha value is -1.76. The van der Waals surface area contributed by atoms with E-state index in [1.807, 2.05) is 0 Å². The Morgan fingerprint density at radius 3 is 2.35 bits per heavy atom. The Labute approximate surface area is 121 Å². The summed E-state index contributed by atoms with van der Waals surface area (Å²) in [6.45, 7) is 6.05. The standard InChI is InChI=1S/C16H24O4/c1-14(2)10-6-4-5-7-11-16(18)20-13-9-8-12-19-15(3)17/h8-9,14H,4-6,10,12-13H2,1-3H3/b9-8-. The van der Waals surface area contributed by atoms with E-state index in [9.17, 15) is 9.59 Å². The van der Waals surface area contributed by atoms with Gasteiger partial charge in [-0.25, -0.2) is 4.79 Å². The third kappa shape index (κ3) is 14.3. The molecule has 0 saturated carbocycles. The van der Waals surface area contributed by atoms with Crippen molar-refractivity contribution in [3.8, 4) is 11.8 Å². The van der Waals surface area contributed by atoms with Gasteiger partial charge in [-0.15, -0.1) is 0 Å². The van der Waals surface area contributed by atoms with Crippen LogP contribution in [0.3, 0.4) is 0 Å². The molecule has 0 bridgehead atoms. The fourth-order valence-corrected chi connectivity index (χ4v) is 1.36. The highest BCUT2D eigenvalue weighted by molar-refractivity contribution is 5.88. The molecule has 20 heavy (non-hydrogen) atoms. The minimum absolute atomic E-state index is 0.141. The first-order valence-electron chi connectivity index (χ1n) is 6.96. The third-order valence-electron chi connectivity index (χ3n) is 2.38. The molecule has 4 heteroatoms. The van der Waals surface area contributed by atoms with Crippen LogP contribution in [0.2, 0.25) is 0 Å². The van der Waals surface area contributed by atoms with Gasteiger partial charge in [-0.2, -0.15) is 0 Å². The minimum atomic E-state index is -0.522. The van der Waals surface area contributed by atoms with E-state index in [0.29, 0.717) is 5.92 Å². The third-order valence-corrected chi connectivity index (χ3v) is 2.38. The molecule has 0 saturated heterocycles. The number of unbranched alkanes of at least 4 members (excludes halogenated alkanes) is 2. The molecule has 0 fully saturated rings. The lowest BCUT2D eigenvalue weighted by Crippen LogP contribution is -2.02. The smallest absolute Gasteiger partial charge is 0.384 e. The summed E-state index contributed by atoms with van der Waals surface area (Å²) in [4.78, 5) is 21.7. The molecule has 0 spiro atoms. The van der Waals surface area contributed by atoms with Gasteiger partial charge >= 0.3 is 11.9 Å². The Balaban J connectivity index is 3.56. The molecule has 0 radical (unpaired) electrons. The van der Waals surface area contributed by atoms with Crippen molar-refractivity contribution in [1.82, 2.24) is 0 Å². The molecule has 0 aliphatic carbocycles. The zero-order valence-electron chi connectivity index (χ0n) is 12.6. The SMILES string of the molecule is CC(=O)OC/C=C\COC(=O)C#CCCCCC(C)C. The van der Waals surface area contributed by atoms with Gasteiger partial charge < -0.3 is 9.47 Å². The zero-order chi connectivity index (χ0) is 15.2. The number of esters is 2. The second-order valence-electron chi connectivity index (χ2n) is 4.81. The summed E-state index contributed by atoms with van der Waals surface area (Å²) in [5.41, 5.74) is 0. The average Bonchev–Trinajstić information content (AvgIpc) is 2.37. The van der Waals surface area contributed by atoms with E-state index < -0.39 is 5.97 Å². The highest BCUT2D eigenvalue weighted by Gasteiger charge is 1.95. The number of hydrogen-bond acceptors (Lipinski definition) is 4. The first kappa shape index (κ1) is 18.2. The van der Waals surface area contributed by atoms with Crippen molar-refractivity contribution < 1.29 is 19.1 Å².